The summed E-state index contributed by atoms with van der Waals surface area (Å²) in [4.78, 5) is 82.8. The van der Waals surface area contributed by atoms with Gasteiger partial charge in [0.25, 0.3) is 23.6 Å². The lowest BCUT2D eigenvalue weighted by molar-refractivity contribution is 0.101. The van der Waals surface area contributed by atoms with Gasteiger partial charge in [0.05, 0.1) is 111 Å². The molecule has 718 valence electrons. The third-order valence-electron chi connectivity index (χ3n) is 24.2. The van der Waals surface area contributed by atoms with Gasteiger partial charge in [0.15, 0.2) is 5.82 Å². The van der Waals surface area contributed by atoms with Gasteiger partial charge >= 0.3 is 0 Å². The quantitative estimate of drug-likeness (QED) is 0.0698. The Morgan fingerprint density at radius 3 is 1.21 bits per heavy atom. The zero-order chi connectivity index (χ0) is 98.5. The topological polar surface area (TPSA) is 356 Å². The van der Waals surface area contributed by atoms with Crippen LogP contribution < -0.4 is 38.5 Å². The Balaban J connectivity index is 0.000000130. The molecule has 36 heteroatoms. The fourth-order valence-electron chi connectivity index (χ4n) is 16.8. The SMILES string of the molecule is O=C(Nc1ccc(Cl)c(-c2ccc3cnccc3n2)c1)c1ccc(N2CCCCCS2(=O)=O)cc1.O=C(Nc1ccc(Cl)c(-c2ccc3ncccc3n2)c1)c1ccc(N2CCCCCS2(=O)=O)cc1.O=C(Nc1ccc(Cl)c(-c2ncc3ccccc3n2)c1)c1ccc(N2CCCCCS2(=O)=O)cc1.O=C(Nc1ccc(Cl)c(-c2nccc3ccccc23)c1)c1ccc(N2CCCCCS2(=O)=O)cc1F. The average molecular weight is 2050 g/mol. The highest BCUT2D eigenvalue weighted by molar-refractivity contribution is 7.93. The van der Waals surface area contributed by atoms with Crippen molar-refractivity contribution in [2.45, 2.75) is 77.0 Å². The van der Waals surface area contributed by atoms with E-state index in [0.29, 0.717) is 180 Å². The summed E-state index contributed by atoms with van der Waals surface area (Å²) in [5.74, 6) is -1.44. The van der Waals surface area contributed by atoms with Crippen molar-refractivity contribution in [3.05, 3.63) is 340 Å². The molecule has 0 aliphatic carbocycles. The molecule has 6 aromatic heterocycles. The zero-order valence-corrected chi connectivity index (χ0v) is 82.0. The monoisotopic (exact) mass is 2040 g/mol. The van der Waals surface area contributed by atoms with E-state index in [1.807, 2.05) is 97.1 Å². The highest BCUT2D eigenvalue weighted by Gasteiger charge is 2.31. The van der Waals surface area contributed by atoms with Gasteiger partial charge in [-0.25, -0.2) is 58.0 Å². The number of rotatable bonds is 16. The van der Waals surface area contributed by atoms with Crippen molar-refractivity contribution in [3.8, 4) is 45.2 Å². The predicted octanol–water partition coefficient (Wildman–Crippen LogP) is 22.8. The van der Waals surface area contributed by atoms with Crippen molar-refractivity contribution in [2.24, 2.45) is 0 Å². The number of carbonyl (C=O) groups excluding carboxylic acids is 4. The van der Waals surface area contributed by atoms with Gasteiger partial charge in [-0.15, -0.1) is 0 Å². The predicted molar refractivity (Wildman–Crippen MR) is 560 cm³/mol. The highest BCUT2D eigenvalue weighted by Crippen LogP contribution is 2.39. The standard InChI is InChI=1S/C27H23ClFN3O3S.3C26H23ClN4O3S/c28-24-11-8-19(16-23(24)26-21-7-3-2-6-18(21)12-13-30-26)31-27(33)22-10-9-20(17-25(22)29)32-14-4-1-5-15-36(32,34)35;27-23-13-10-20(16-22(23)25-28-17-19-6-2-3-7-24(19)30-25)29-26(32)18-8-11-21(12-9-18)31-14-4-1-5-15-35(31,33)34;27-23-10-7-20(16-22(23)25-11-6-19-17-28-13-12-24(19)30-25)29-26(32)18-4-8-21(9-5-18)31-14-2-1-3-15-35(31,33)34;27-22-11-8-19(17-21(22)23-12-13-24-25(30-23)5-4-14-28-24)29-26(32)18-6-9-20(10-7-18)31-15-2-1-3-16-35(31,33)34/h2-3,6-13,16-17H,1,4-5,14-15H2,(H,31,33);2-3,6-13,16-17H,1,4-5,14-15H2,(H,29,32);4-13,16-17H,1-3,14-15H2,(H,29,32);4-14,17H,1-3,15-16H2,(H,29,32). The number of nitrogens with zero attached hydrogens (tertiary/aromatic N) is 11. The van der Waals surface area contributed by atoms with E-state index in [2.05, 4.69) is 56.2 Å². The molecule has 4 aliphatic heterocycles. The van der Waals surface area contributed by atoms with Gasteiger partial charge in [-0.1, -0.05) is 115 Å². The summed E-state index contributed by atoms with van der Waals surface area (Å²) < 4.78 is 121. The first kappa shape index (κ1) is 98.6. The molecule has 27 nitrogen and oxygen atoms in total. The molecule has 4 fully saturated rings. The van der Waals surface area contributed by atoms with Crippen LogP contribution in [0.25, 0.3) is 88.8 Å². The summed E-state index contributed by atoms with van der Waals surface area (Å²) in [6, 6.07) is 74.8. The molecule has 10 aromatic carbocycles. The lowest BCUT2D eigenvalue weighted by atomic mass is 10.0. The van der Waals surface area contributed by atoms with Crippen molar-refractivity contribution in [3.63, 3.8) is 0 Å². The van der Waals surface area contributed by atoms with Crippen molar-refractivity contribution in [1.82, 2.24) is 34.9 Å². The van der Waals surface area contributed by atoms with Crippen LogP contribution in [0.1, 0.15) is 118 Å². The minimum atomic E-state index is -3.51. The van der Waals surface area contributed by atoms with Gasteiger partial charge in [0, 0.05) is 135 Å². The van der Waals surface area contributed by atoms with Crippen LogP contribution in [0.2, 0.25) is 20.1 Å². The van der Waals surface area contributed by atoms with Crippen LogP contribution in [0.3, 0.4) is 0 Å². The van der Waals surface area contributed by atoms with Gasteiger partial charge in [0.1, 0.15) is 5.82 Å². The van der Waals surface area contributed by atoms with Crippen LogP contribution in [-0.2, 0) is 40.1 Å². The van der Waals surface area contributed by atoms with Crippen molar-refractivity contribution >= 4 is 199 Å². The summed E-state index contributed by atoms with van der Waals surface area (Å²) in [5, 5.41) is 17.1. The van der Waals surface area contributed by atoms with E-state index < -0.39 is 51.8 Å². The molecule has 0 saturated carbocycles. The molecule has 20 rings (SSSR count). The summed E-state index contributed by atoms with van der Waals surface area (Å²) in [6.07, 6.45) is 17.8. The lowest BCUT2D eigenvalue weighted by Gasteiger charge is -2.22. The van der Waals surface area contributed by atoms with Crippen LogP contribution in [0.15, 0.2) is 292 Å². The maximum absolute atomic E-state index is 15.0. The molecule has 4 aliphatic rings. The van der Waals surface area contributed by atoms with Crippen LogP contribution in [0.5, 0.6) is 0 Å². The minimum Gasteiger partial charge on any atom is -0.322 e. The molecule has 141 heavy (non-hydrogen) atoms. The van der Waals surface area contributed by atoms with Crippen molar-refractivity contribution in [1.29, 1.82) is 0 Å². The zero-order valence-electron chi connectivity index (χ0n) is 75.7. The normalized spacial score (nSPS) is 15.5. The van der Waals surface area contributed by atoms with E-state index in [0.717, 1.165) is 94.6 Å². The van der Waals surface area contributed by atoms with Gasteiger partial charge in [0.2, 0.25) is 40.1 Å². The molecule has 0 unspecified atom stereocenters. The number of para-hydroxylation sites is 1. The summed E-state index contributed by atoms with van der Waals surface area (Å²) in [5.41, 5.74) is 12.9. The molecule has 16 aromatic rings. The van der Waals surface area contributed by atoms with E-state index in [1.54, 1.807) is 177 Å². The highest BCUT2D eigenvalue weighted by atomic mass is 35.5. The first-order chi connectivity index (χ1) is 68.0. The minimum absolute atomic E-state index is 0.0291. The largest absolute Gasteiger partial charge is 0.322 e. The second-order valence-corrected chi connectivity index (χ2v) is 43.5. The molecule has 0 bridgehead atoms. The third kappa shape index (κ3) is 23.7. The number of pyridine rings is 5. The second kappa shape index (κ2) is 43.8. The van der Waals surface area contributed by atoms with Gasteiger partial charge < -0.3 is 21.3 Å². The maximum Gasteiger partial charge on any atom is 0.258 e. The van der Waals surface area contributed by atoms with Crippen LogP contribution in [0, 0.1) is 5.82 Å². The molecular formula is C105H92Cl4FN15O12S4. The molecule has 4 saturated heterocycles. The number of fused-ring (bicyclic) bond motifs is 4. The molecular weight excluding hydrogens is 1950 g/mol. The molecule has 4 N–H and O–H groups in total. The Kier molecular flexibility index (Phi) is 30.7. The number of sulfonamides is 4. The van der Waals surface area contributed by atoms with Gasteiger partial charge in [-0.05, 0) is 275 Å². The van der Waals surface area contributed by atoms with Crippen molar-refractivity contribution in [2.75, 3.05) is 87.7 Å². The summed E-state index contributed by atoms with van der Waals surface area (Å²) in [6.45, 7) is 1.67. The number of aromatic nitrogens is 7. The van der Waals surface area contributed by atoms with Gasteiger partial charge in [-0.2, -0.15) is 0 Å². The number of halogens is 5. The summed E-state index contributed by atoms with van der Waals surface area (Å²) in [7, 11) is -13.5. The molecule has 0 radical (unpaired) electrons. The number of hydrogen-bond acceptors (Lipinski definition) is 19. The Morgan fingerprint density at radius 1 is 0.305 bits per heavy atom. The van der Waals surface area contributed by atoms with E-state index in [4.69, 9.17) is 46.4 Å². The fraction of sp³-hybridized carbons (Fsp3) is 0.190. The van der Waals surface area contributed by atoms with E-state index in [9.17, 15) is 57.2 Å². The number of nitrogens with one attached hydrogen (secondary N) is 4. The Labute approximate surface area is 834 Å². The molecule has 4 amide bonds. The smallest absolute Gasteiger partial charge is 0.258 e. The Bertz CT molecular complexity index is 7400. The van der Waals surface area contributed by atoms with Crippen LogP contribution >= 0.6 is 46.4 Å². The number of amides is 4. The summed E-state index contributed by atoms with van der Waals surface area (Å²) >= 11 is 25.8. The van der Waals surface area contributed by atoms with Crippen LogP contribution in [-0.4, -0.2) is 141 Å². The first-order valence-electron chi connectivity index (χ1n) is 45.6. The maximum atomic E-state index is 15.0. The Morgan fingerprint density at radius 2 is 0.709 bits per heavy atom. The molecule has 0 atom stereocenters. The molecule has 10 heterocycles. The number of benzene rings is 10. The van der Waals surface area contributed by atoms with Gasteiger partial charge in [-0.3, -0.25) is 51.4 Å². The second-order valence-electron chi connectivity index (χ2n) is 33.8. The van der Waals surface area contributed by atoms with E-state index in [-0.39, 0.29) is 52.0 Å². The first-order valence-corrected chi connectivity index (χ1v) is 53.5. The average Bonchev–Trinajstić information content (AvgIpc) is 0.880. The Hall–Kier alpha value is -14.0. The fourth-order valence-corrected chi connectivity index (χ4v) is 24.2. The number of hydrogen-bond donors (Lipinski definition) is 4. The van der Waals surface area contributed by atoms with Crippen molar-refractivity contribution < 1.29 is 57.2 Å². The van der Waals surface area contributed by atoms with E-state index in [1.165, 1.54) is 29.4 Å². The third-order valence-corrected chi connectivity index (χ3v) is 33.0. The number of anilines is 8. The number of carbonyl (C=O) groups is 4. The lowest BCUT2D eigenvalue weighted by Crippen LogP contribution is -2.32. The van der Waals surface area contributed by atoms with Crippen LogP contribution in [0.4, 0.5) is 49.9 Å². The molecule has 0 spiro atoms. The van der Waals surface area contributed by atoms with E-state index >= 15 is 0 Å².